The molecule has 1 aromatic heterocycles. The zero-order valence-corrected chi connectivity index (χ0v) is 14.4. The molecule has 0 aliphatic rings. The van der Waals surface area contributed by atoms with Gasteiger partial charge in [0.1, 0.15) is 0 Å². The van der Waals surface area contributed by atoms with E-state index in [1.807, 2.05) is 30.3 Å². The molecule has 1 heterocycles. The lowest BCUT2D eigenvalue weighted by atomic mass is 10.2. The minimum absolute atomic E-state index is 0.0339. The first-order valence-corrected chi connectivity index (χ1v) is 8.61. The maximum absolute atomic E-state index is 12.4. The van der Waals surface area contributed by atoms with E-state index in [9.17, 15) is 22.8 Å². The Labute approximate surface area is 152 Å². The standard InChI is InChI=1S/C17H16F3N3O2S/c18-17(19,20)13-6-7-15(21-11-13)26-9-8-14(24)23-16(25)22-10-12-4-2-1-3-5-12/h1-7,11H,8-10H2,(H2,22,23,24,25). The van der Waals surface area contributed by atoms with Crippen molar-refractivity contribution in [3.63, 3.8) is 0 Å². The molecule has 0 atom stereocenters. The van der Waals surface area contributed by atoms with Crippen LogP contribution in [-0.4, -0.2) is 22.7 Å². The highest BCUT2D eigenvalue weighted by Gasteiger charge is 2.30. The summed E-state index contributed by atoms with van der Waals surface area (Å²) in [5.41, 5.74) is 0.0775. The summed E-state index contributed by atoms with van der Waals surface area (Å²) in [5.74, 6) is -0.189. The molecule has 0 aliphatic heterocycles. The third kappa shape index (κ3) is 6.75. The van der Waals surface area contributed by atoms with Gasteiger partial charge in [0.15, 0.2) is 0 Å². The van der Waals surface area contributed by atoms with Gasteiger partial charge >= 0.3 is 12.2 Å². The Kier molecular flexibility index (Phi) is 7.02. The number of pyridine rings is 1. The van der Waals surface area contributed by atoms with E-state index < -0.39 is 23.7 Å². The van der Waals surface area contributed by atoms with Crippen LogP contribution in [0.3, 0.4) is 0 Å². The average Bonchev–Trinajstić information content (AvgIpc) is 2.60. The Bertz CT molecular complexity index is 737. The Morgan fingerprint density at radius 1 is 1.08 bits per heavy atom. The zero-order valence-electron chi connectivity index (χ0n) is 13.5. The minimum atomic E-state index is -4.43. The van der Waals surface area contributed by atoms with Crippen molar-refractivity contribution in [1.82, 2.24) is 15.6 Å². The van der Waals surface area contributed by atoms with Crippen LogP contribution in [0.25, 0.3) is 0 Å². The first-order valence-electron chi connectivity index (χ1n) is 7.62. The van der Waals surface area contributed by atoms with E-state index in [1.165, 1.54) is 6.07 Å². The molecule has 0 radical (unpaired) electrons. The minimum Gasteiger partial charge on any atom is -0.334 e. The number of benzene rings is 1. The predicted octanol–water partition coefficient (Wildman–Crippen LogP) is 3.61. The molecule has 0 spiro atoms. The van der Waals surface area contributed by atoms with Gasteiger partial charge in [-0.1, -0.05) is 30.3 Å². The van der Waals surface area contributed by atoms with Gasteiger partial charge in [-0.2, -0.15) is 13.2 Å². The number of hydrogen-bond donors (Lipinski definition) is 2. The monoisotopic (exact) mass is 383 g/mol. The van der Waals surface area contributed by atoms with Crippen LogP contribution in [0, 0.1) is 0 Å². The van der Waals surface area contributed by atoms with E-state index in [4.69, 9.17) is 0 Å². The molecule has 0 unspecified atom stereocenters. The van der Waals surface area contributed by atoms with Crippen LogP contribution in [0.15, 0.2) is 53.7 Å². The molecule has 0 fully saturated rings. The Balaban J connectivity index is 1.67. The maximum Gasteiger partial charge on any atom is 0.417 e. The number of aromatic nitrogens is 1. The van der Waals surface area contributed by atoms with Crippen LogP contribution >= 0.6 is 11.8 Å². The fraction of sp³-hybridized carbons (Fsp3) is 0.235. The smallest absolute Gasteiger partial charge is 0.334 e. The van der Waals surface area contributed by atoms with Crippen LogP contribution in [0.5, 0.6) is 0 Å². The summed E-state index contributed by atoms with van der Waals surface area (Å²) in [4.78, 5) is 27.0. The third-order valence-electron chi connectivity index (χ3n) is 3.19. The SMILES string of the molecule is O=C(CCSc1ccc(C(F)(F)F)cn1)NC(=O)NCc1ccccc1. The van der Waals surface area contributed by atoms with E-state index in [0.29, 0.717) is 11.6 Å². The van der Waals surface area contributed by atoms with Crippen LogP contribution in [0.4, 0.5) is 18.0 Å². The largest absolute Gasteiger partial charge is 0.417 e. The number of nitrogens with one attached hydrogen (secondary N) is 2. The summed E-state index contributed by atoms with van der Waals surface area (Å²) in [6.07, 6.45) is -3.64. The van der Waals surface area contributed by atoms with Crippen molar-refractivity contribution in [3.8, 4) is 0 Å². The first-order chi connectivity index (χ1) is 12.3. The number of alkyl halides is 3. The van der Waals surface area contributed by atoms with E-state index in [2.05, 4.69) is 15.6 Å². The van der Waals surface area contributed by atoms with E-state index >= 15 is 0 Å². The number of halogens is 3. The Morgan fingerprint density at radius 2 is 1.81 bits per heavy atom. The van der Waals surface area contributed by atoms with Crippen molar-refractivity contribution in [2.24, 2.45) is 0 Å². The molecule has 2 rings (SSSR count). The fourth-order valence-electron chi connectivity index (χ4n) is 1.89. The van der Waals surface area contributed by atoms with Gasteiger partial charge in [-0.05, 0) is 17.7 Å². The summed E-state index contributed by atoms with van der Waals surface area (Å²) in [7, 11) is 0. The van der Waals surface area contributed by atoms with Gasteiger partial charge in [-0.15, -0.1) is 11.8 Å². The molecule has 0 bridgehead atoms. The summed E-state index contributed by atoms with van der Waals surface area (Å²) in [6, 6.07) is 10.8. The highest BCUT2D eigenvalue weighted by atomic mass is 32.2. The number of imide groups is 1. The number of rotatable bonds is 6. The van der Waals surface area contributed by atoms with Crippen molar-refractivity contribution in [2.45, 2.75) is 24.2 Å². The summed E-state index contributed by atoms with van der Waals surface area (Å²) < 4.78 is 37.3. The van der Waals surface area contributed by atoms with E-state index in [-0.39, 0.29) is 12.2 Å². The number of hydrogen-bond acceptors (Lipinski definition) is 4. The van der Waals surface area contributed by atoms with Crippen molar-refractivity contribution >= 4 is 23.7 Å². The van der Waals surface area contributed by atoms with Crippen molar-refractivity contribution in [2.75, 3.05) is 5.75 Å². The molecule has 0 aliphatic carbocycles. The number of thioether (sulfide) groups is 1. The molecule has 0 saturated heterocycles. The lowest BCUT2D eigenvalue weighted by Crippen LogP contribution is -2.39. The molecule has 138 valence electrons. The van der Waals surface area contributed by atoms with Gasteiger partial charge in [0.05, 0.1) is 10.6 Å². The first kappa shape index (κ1) is 19.8. The molecule has 2 aromatic rings. The molecule has 9 heteroatoms. The molecular weight excluding hydrogens is 367 g/mol. The van der Waals surface area contributed by atoms with Crippen LogP contribution < -0.4 is 10.6 Å². The molecular formula is C17H16F3N3O2S. The van der Waals surface area contributed by atoms with Gasteiger partial charge in [-0.3, -0.25) is 10.1 Å². The zero-order chi connectivity index (χ0) is 19.0. The van der Waals surface area contributed by atoms with E-state index in [1.54, 1.807) is 0 Å². The highest BCUT2D eigenvalue weighted by molar-refractivity contribution is 7.99. The topological polar surface area (TPSA) is 71.1 Å². The quantitative estimate of drug-likeness (QED) is 0.748. The van der Waals surface area contributed by atoms with Gasteiger partial charge in [-0.25, -0.2) is 9.78 Å². The van der Waals surface area contributed by atoms with Crippen LogP contribution in [0.1, 0.15) is 17.5 Å². The number of amides is 3. The Morgan fingerprint density at radius 3 is 2.42 bits per heavy atom. The molecule has 26 heavy (non-hydrogen) atoms. The normalized spacial score (nSPS) is 11.0. The van der Waals surface area contributed by atoms with Crippen LogP contribution in [-0.2, 0) is 17.5 Å². The molecule has 5 nitrogen and oxygen atoms in total. The second kappa shape index (κ2) is 9.23. The van der Waals surface area contributed by atoms with Crippen molar-refractivity contribution in [1.29, 1.82) is 0 Å². The van der Waals surface area contributed by atoms with Crippen molar-refractivity contribution in [3.05, 3.63) is 59.8 Å². The molecule has 3 amide bonds. The number of nitrogens with zero attached hydrogens (tertiary/aromatic N) is 1. The summed E-state index contributed by atoms with van der Waals surface area (Å²) in [5, 5.41) is 5.13. The summed E-state index contributed by atoms with van der Waals surface area (Å²) >= 11 is 1.13. The number of carbonyl (C=O) groups excluding carboxylic acids is 2. The van der Waals surface area contributed by atoms with Gasteiger partial charge < -0.3 is 5.32 Å². The summed E-state index contributed by atoms with van der Waals surface area (Å²) in [6.45, 7) is 0.296. The van der Waals surface area contributed by atoms with E-state index in [0.717, 1.165) is 29.6 Å². The lowest BCUT2D eigenvalue weighted by molar-refractivity contribution is -0.137. The van der Waals surface area contributed by atoms with Gasteiger partial charge in [0.25, 0.3) is 0 Å². The second-order valence-corrected chi connectivity index (χ2v) is 6.31. The second-order valence-electron chi connectivity index (χ2n) is 5.20. The molecule has 2 N–H and O–H groups in total. The lowest BCUT2D eigenvalue weighted by Gasteiger charge is -2.07. The highest BCUT2D eigenvalue weighted by Crippen LogP contribution is 2.29. The Hall–Kier alpha value is -2.55. The fourth-order valence-corrected chi connectivity index (χ4v) is 2.68. The predicted molar refractivity (Wildman–Crippen MR) is 91.4 cm³/mol. The van der Waals surface area contributed by atoms with Gasteiger partial charge in [0.2, 0.25) is 5.91 Å². The molecule has 1 aromatic carbocycles. The van der Waals surface area contributed by atoms with Crippen molar-refractivity contribution < 1.29 is 22.8 Å². The number of urea groups is 1. The van der Waals surface area contributed by atoms with Crippen LogP contribution in [0.2, 0.25) is 0 Å². The number of carbonyl (C=O) groups is 2. The molecule has 0 saturated carbocycles. The maximum atomic E-state index is 12.4. The van der Waals surface area contributed by atoms with Gasteiger partial charge in [0, 0.05) is 24.9 Å². The third-order valence-corrected chi connectivity index (χ3v) is 4.14. The average molecular weight is 383 g/mol.